The van der Waals surface area contributed by atoms with Crippen LogP contribution < -0.4 is 0 Å². The van der Waals surface area contributed by atoms with Crippen LogP contribution in [0.1, 0.15) is 32.6 Å². The average Bonchev–Trinajstić information content (AvgIpc) is 2.57. The van der Waals surface area contributed by atoms with Crippen molar-refractivity contribution in [2.45, 2.75) is 38.2 Å². The van der Waals surface area contributed by atoms with Crippen LogP contribution in [0, 0.1) is 16.7 Å². The third-order valence-corrected chi connectivity index (χ3v) is 6.52. The van der Waals surface area contributed by atoms with Gasteiger partial charge in [0.1, 0.15) is 5.41 Å². The molecule has 0 aromatic rings. The standard InChI is InChI=1S/C13H22N2O3S/c1-2-15-7-3-4-13(16,5-8-15)12(10-14)6-9-19(17,18)11-12/h16H,2-9,11H2,1H3. The van der Waals surface area contributed by atoms with Crippen molar-refractivity contribution in [2.75, 3.05) is 31.1 Å². The molecule has 2 fully saturated rings. The summed E-state index contributed by atoms with van der Waals surface area (Å²) >= 11 is 0. The van der Waals surface area contributed by atoms with Crippen molar-refractivity contribution in [3.05, 3.63) is 0 Å². The second-order valence-electron chi connectivity index (χ2n) is 5.86. The van der Waals surface area contributed by atoms with Crippen molar-refractivity contribution in [1.82, 2.24) is 4.90 Å². The van der Waals surface area contributed by atoms with E-state index in [1.807, 2.05) is 0 Å². The Hall–Kier alpha value is -0.640. The number of aliphatic hydroxyl groups is 1. The van der Waals surface area contributed by atoms with Gasteiger partial charge in [0.25, 0.3) is 0 Å². The minimum atomic E-state index is -3.18. The second kappa shape index (κ2) is 5.04. The van der Waals surface area contributed by atoms with Crippen LogP contribution in [-0.2, 0) is 9.84 Å². The zero-order valence-electron chi connectivity index (χ0n) is 11.4. The molecule has 0 bridgehead atoms. The normalized spacial score (nSPS) is 39.6. The molecule has 1 N–H and O–H groups in total. The Morgan fingerprint density at radius 2 is 2.05 bits per heavy atom. The van der Waals surface area contributed by atoms with Gasteiger partial charge in [-0.1, -0.05) is 6.92 Å². The van der Waals surface area contributed by atoms with Crippen molar-refractivity contribution < 1.29 is 13.5 Å². The van der Waals surface area contributed by atoms with Crippen molar-refractivity contribution in [3.8, 4) is 6.07 Å². The second-order valence-corrected chi connectivity index (χ2v) is 8.04. The lowest BCUT2D eigenvalue weighted by Gasteiger charge is -2.39. The molecule has 108 valence electrons. The Morgan fingerprint density at radius 1 is 1.32 bits per heavy atom. The SMILES string of the molecule is CCN1CCCC(O)(C2(C#N)CCS(=O)(=O)C2)CC1. The lowest BCUT2D eigenvalue weighted by Crippen LogP contribution is -2.49. The monoisotopic (exact) mass is 286 g/mol. The lowest BCUT2D eigenvalue weighted by molar-refractivity contribution is -0.0551. The van der Waals surface area contributed by atoms with Crippen LogP contribution in [0.2, 0.25) is 0 Å². The van der Waals surface area contributed by atoms with E-state index in [2.05, 4.69) is 17.9 Å². The zero-order valence-corrected chi connectivity index (χ0v) is 12.2. The minimum absolute atomic E-state index is 0.0281. The maximum absolute atomic E-state index is 11.7. The highest BCUT2D eigenvalue weighted by Crippen LogP contribution is 2.46. The first kappa shape index (κ1) is 14.8. The van der Waals surface area contributed by atoms with Gasteiger partial charge in [-0.3, -0.25) is 0 Å². The minimum Gasteiger partial charge on any atom is -0.388 e. The van der Waals surface area contributed by atoms with Gasteiger partial charge in [0.2, 0.25) is 0 Å². The number of hydrogen-bond acceptors (Lipinski definition) is 5. The molecule has 2 aliphatic heterocycles. The summed E-state index contributed by atoms with van der Waals surface area (Å²) in [7, 11) is -3.18. The van der Waals surface area contributed by atoms with Gasteiger partial charge in [-0.2, -0.15) is 5.26 Å². The van der Waals surface area contributed by atoms with E-state index in [1.54, 1.807) is 0 Å². The van der Waals surface area contributed by atoms with Crippen LogP contribution in [0.3, 0.4) is 0 Å². The number of rotatable bonds is 2. The molecule has 0 aromatic carbocycles. The third-order valence-electron chi connectivity index (χ3n) is 4.76. The molecule has 0 aromatic heterocycles. The molecule has 2 saturated heterocycles. The largest absolute Gasteiger partial charge is 0.388 e. The van der Waals surface area contributed by atoms with E-state index in [-0.39, 0.29) is 17.9 Å². The van der Waals surface area contributed by atoms with Gasteiger partial charge in [-0.15, -0.1) is 0 Å². The smallest absolute Gasteiger partial charge is 0.152 e. The summed E-state index contributed by atoms with van der Waals surface area (Å²) in [5.74, 6) is -0.153. The molecule has 2 heterocycles. The van der Waals surface area contributed by atoms with E-state index in [9.17, 15) is 18.8 Å². The van der Waals surface area contributed by atoms with E-state index >= 15 is 0 Å². The van der Waals surface area contributed by atoms with E-state index in [1.165, 1.54) is 0 Å². The van der Waals surface area contributed by atoms with E-state index < -0.39 is 20.9 Å². The molecule has 0 amide bonds. The molecule has 2 aliphatic rings. The van der Waals surface area contributed by atoms with Crippen LogP contribution in [0.4, 0.5) is 0 Å². The maximum Gasteiger partial charge on any atom is 0.152 e. The van der Waals surface area contributed by atoms with Crippen LogP contribution in [-0.4, -0.2) is 55.2 Å². The average molecular weight is 286 g/mol. The van der Waals surface area contributed by atoms with Gasteiger partial charge < -0.3 is 10.0 Å². The lowest BCUT2D eigenvalue weighted by atomic mass is 9.69. The number of likely N-dealkylation sites (tertiary alicyclic amines) is 1. The first-order valence-electron chi connectivity index (χ1n) is 6.93. The summed E-state index contributed by atoms with van der Waals surface area (Å²) in [5.41, 5.74) is -2.26. The molecule has 19 heavy (non-hydrogen) atoms. The summed E-state index contributed by atoms with van der Waals surface area (Å²) in [6.07, 6.45) is 2.10. The highest BCUT2D eigenvalue weighted by molar-refractivity contribution is 7.91. The van der Waals surface area contributed by atoms with Gasteiger partial charge >= 0.3 is 0 Å². The summed E-state index contributed by atoms with van der Waals surface area (Å²) in [5, 5.41) is 20.4. The Morgan fingerprint density at radius 3 is 2.58 bits per heavy atom. The van der Waals surface area contributed by atoms with Crippen molar-refractivity contribution in [3.63, 3.8) is 0 Å². The molecular formula is C13H22N2O3S. The van der Waals surface area contributed by atoms with E-state index in [0.29, 0.717) is 12.8 Å². The molecule has 2 rings (SSSR count). The fourth-order valence-electron chi connectivity index (χ4n) is 3.38. The summed E-state index contributed by atoms with van der Waals surface area (Å²) < 4.78 is 23.4. The van der Waals surface area contributed by atoms with Gasteiger partial charge in [-0.25, -0.2) is 8.42 Å². The fourth-order valence-corrected chi connectivity index (χ4v) is 5.41. The Labute approximate surface area is 115 Å². The third kappa shape index (κ3) is 2.64. The Balaban J connectivity index is 2.25. The van der Waals surface area contributed by atoms with E-state index in [4.69, 9.17) is 0 Å². The predicted octanol–water partition coefficient (Wildman–Crippen LogP) is 0.552. The first-order chi connectivity index (χ1) is 8.86. The Kier molecular flexibility index (Phi) is 3.92. The molecule has 0 aliphatic carbocycles. The van der Waals surface area contributed by atoms with Crippen LogP contribution in [0.5, 0.6) is 0 Å². The highest BCUT2D eigenvalue weighted by Gasteiger charge is 2.56. The number of sulfone groups is 1. The number of nitrogens with zero attached hydrogens (tertiary/aromatic N) is 2. The maximum atomic E-state index is 11.7. The highest BCUT2D eigenvalue weighted by atomic mass is 32.2. The van der Waals surface area contributed by atoms with Crippen molar-refractivity contribution >= 4 is 9.84 Å². The van der Waals surface area contributed by atoms with Gasteiger partial charge in [-0.05, 0) is 38.8 Å². The molecule has 6 heteroatoms. The topological polar surface area (TPSA) is 81.4 Å². The summed E-state index contributed by atoms with van der Waals surface area (Å²) in [6.45, 7) is 4.64. The molecule has 5 nitrogen and oxygen atoms in total. The number of hydrogen-bond donors (Lipinski definition) is 1. The Bertz CT molecular complexity index is 485. The van der Waals surface area contributed by atoms with Crippen LogP contribution in [0.15, 0.2) is 0 Å². The van der Waals surface area contributed by atoms with Gasteiger partial charge in [0.15, 0.2) is 9.84 Å². The molecule has 2 unspecified atom stereocenters. The van der Waals surface area contributed by atoms with E-state index in [0.717, 1.165) is 26.1 Å². The molecule has 0 radical (unpaired) electrons. The molecule has 0 spiro atoms. The molecular weight excluding hydrogens is 264 g/mol. The predicted molar refractivity (Wildman–Crippen MR) is 72.2 cm³/mol. The van der Waals surface area contributed by atoms with Crippen molar-refractivity contribution in [2.24, 2.45) is 5.41 Å². The summed E-state index contributed by atoms with van der Waals surface area (Å²) in [4.78, 5) is 2.24. The van der Waals surface area contributed by atoms with Gasteiger partial charge in [0.05, 0.1) is 23.2 Å². The zero-order chi connectivity index (χ0) is 14.1. The molecule has 2 atom stereocenters. The van der Waals surface area contributed by atoms with Crippen LogP contribution in [0.25, 0.3) is 0 Å². The first-order valence-corrected chi connectivity index (χ1v) is 8.75. The quantitative estimate of drug-likeness (QED) is 0.802. The fraction of sp³-hybridized carbons (Fsp3) is 0.923. The van der Waals surface area contributed by atoms with Crippen LogP contribution >= 0.6 is 0 Å². The number of nitriles is 1. The van der Waals surface area contributed by atoms with Gasteiger partial charge in [0, 0.05) is 6.54 Å². The van der Waals surface area contributed by atoms with Crippen molar-refractivity contribution in [1.29, 1.82) is 5.26 Å². The molecule has 0 saturated carbocycles. The summed E-state index contributed by atoms with van der Waals surface area (Å²) in [6, 6.07) is 2.16.